The van der Waals surface area contributed by atoms with Crippen LogP contribution >= 0.6 is 11.8 Å². The van der Waals surface area contributed by atoms with E-state index in [1.165, 1.54) is 16.4 Å². The Morgan fingerprint density at radius 1 is 1.04 bits per heavy atom. The molecule has 0 spiro atoms. The number of aromatic nitrogens is 3. The number of nitrogens with zero attached hydrogens (tertiary/aromatic N) is 3. The van der Waals surface area contributed by atoms with E-state index >= 15 is 0 Å². The van der Waals surface area contributed by atoms with Crippen molar-refractivity contribution in [3.63, 3.8) is 0 Å². The number of thioether (sulfide) groups is 1. The van der Waals surface area contributed by atoms with Gasteiger partial charge in [0.25, 0.3) is 0 Å². The lowest BCUT2D eigenvalue weighted by molar-refractivity contribution is 0.289. The molecular weight excluding hydrogens is 364 g/mol. The van der Waals surface area contributed by atoms with Gasteiger partial charge >= 0.3 is 0 Å². The van der Waals surface area contributed by atoms with Crippen molar-refractivity contribution in [1.29, 1.82) is 0 Å². The van der Waals surface area contributed by atoms with Crippen LogP contribution in [0.3, 0.4) is 0 Å². The fraction of sp³-hybridized carbons (Fsp3) is 0.263. The van der Waals surface area contributed by atoms with Gasteiger partial charge in [0.15, 0.2) is 5.82 Å². The molecule has 0 aliphatic rings. The molecule has 2 aromatic carbocycles. The summed E-state index contributed by atoms with van der Waals surface area (Å²) in [6, 6.07) is 15.3. The fourth-order valence-electron chi connectivity index (χ4n) is 2.35. The number of ether oxygens (including phenoxy) is 3. The minimum atomic E-state index is 0.219. The topological polar surface area (TPSA) is 84.4 Å². The van der Waals surface area contributed by atoms with Gasteiger partial charge in [-0.15, -0.1) is 10.2 Å². The van der Waals surface area contributed by atoms with Crippen LogP contribution in [-0.4, -0.2) is 34.3 Å². The van der Waals surface area contributed by atoms with Crippen LogP contribution in [0.5, 0.6) is 17.2 Å². The van der Waals surface area contributed by atoms with Gasteiger partial charge in [-0.3, -0.25) is 0 Å². The van der Waals surface area contributed by atoms with Crippen LogP contribution in [0.25, 0.3) is 0 Å². The van der Waals surface area contributed by atoms with Crippen molar-refractivity contribution in [3.05, 3.63) is 59.9 Å². The van der Waals surface area contributed by atoms with Gasteiger partial charge in [0.05, 0.1) is 13.7 Å². The summed E-state index contributed by atoms with van der Waals surface area (Å²) in [6.07, 6.45) is 0. The molecule has 1 aromatic heterocycles. The summed E-state index contributed by atoms with van der Waals surface area (Å²) in [4.78, 5) is 0. The summed E-state index contributed by atoms with van der Waals surface area (Å²) in [6.45, 7) is 2.79. The van der Waals surface area contributed by atoms with Crippen molar-refractivity contribution in [3.8, 4) is 17.2 Å². The molecule has 0 saturated carbocycles. The maximum absolute atomic E-state index is 6.07. The van der Waals surface area contributed by atoms with Crippen LogP contribution in [0, 0.1) is 6.92 Å². The van der Waals surface area contributed by atoms with Crippen LogP contribution in [-0.2, 0) is 6.61 Å². The van der Waals surface area contributed by atoms with Gasteiger partial charge in [0.2, 0.25) is 5.16 Å². The monoisotopic (exact) mass is 386 g/mol. The number of hydrogen-bond acceptors (Lipinski definition) is 7. The number of nitrogens with two attached hydrogens (primary N) is 1. The first kappa shape index (κ1) is 18.9. The number of benzene rings is 2. The molecule has 2 N–H and O–H groups in total. The highest BCUT2D eigenvalue weighted by atomic mass is 32.2. The molecule has 27 heavy (non-hydrogen) atoms. The van der Waals surface area contributed by atoms with E-state index in [1.54, 1.807) is 13.2 Å². The fourth-order valence-corrected chi connectivity index (χ4v) is 3.04. The molecule has 0 saturated heterocycles. The summed E-state index contributed by atoms with van der Waals surface area (Å²) in [5.41, 5.74) is 1.11. The third-order valence-corrected chi connectivity index (χ3v) is 4.72. The average Bonchev–Trinajstić information content (AvgIpc) is 3.04. The van der Waals surface area contributed by atoms with E-state index in [4.69, 9.17) is 20.1 Å². The van der Waals surface area contributed by atoms with Crippen molar-refractivity contribution < 1.29 is 14.2 Å². The van der Waals surface area contributed by atoms with Gasteiger partial charge in [0.1, 0.15) is 23.9 Å². The second kappa shape index (κ2) is 9.18. The Balaban J connectivity index is 1.48. The van der Waals surface area contributed by atoms with Crippen LogP contribution in [0.1, 0.15) is 11.4 Å². The normalized spacial score (nSPS) is 10.6. The van der Waals surface area contributed by atoms with Crippen LogP contribution in [0.2, 0.25) is 0 Å². The maximum Gasteiger partial charge on any atom is 0.210 e. The van der Waals surface area contributed by atoms with Crippen molar-refractivity contribution in [2.45, 2.75) is 18.7 Å². The molecule has 7 nitrogen and oxygen atoms in total. The zero-order valence-electron chi connectivity index (χ0n) is 15.3. The number of hydrogen-bond donors (Lipinski definition) is 1. The molecule has 8 heteroatoms. The van der Waals surface area contributed by atoms with E-state index in [0.29, 0.717) is 29.1 Å². The Hall–Kier alpha value is -2.87. The molecule has 0 fully saturated rings. The number of nitrogen functional groups attached to an aromatic ring is 1. The molecule has 0 aliphatic carbocycles. The molecule has 0 atom stereocenters. The second-order valence-electron chi connectivity index (χ2n) is 5.70. The summed E-state index contributed by atoms with van der Waals surface area (Å²) < 4.78 is 18.1. The summed E-state index contributed by atoms with van der Waals surface area (Å²) in [5.74, 6) is 9.61. The molecule has 0 unspecified atom stereocenters. The van der Waals surface area contributed by atoms with Gasteiger partial charge in [0, 0.05) is 11.8 Å². The Labute approximate surface area is 162 Å². The predicted molar refractivity (Wildman–Crippen MR) is 105 cm³/mol. The van der Waals surface area contributed by atoms with Crippen LogP contribution in [0.4, 0.5) is 0 Å². The molecule has 0 bridgehead atoms. The van der Waals surface area contributed by atoms with Crippen molar-refractivity contribution in [1.82, 2.24) is 14.9 Å². The highest BCUT2D eigenvalue weighted by Gasteiger charge is 2.11. The first-order valence-electron chi connectivity index (χ1n) is 8.45. The smallest absolute Gasteiger partial charge is 0.210 e. The lowest BCUT2D eigenvalue weighted by Gasteiger charge is -2.09. The SMILES string of the molecule is COc1cccc(OCc2nnc(SCCOc3ccccc3C)n2N)c1. The summed E-state index contributed by atoms with van der Waals surface area (Å²) >= 11 is 1.48. The van der Waals surface area contributed by atoms with E-state index in [1.807, 2.05) is 49.4 Å². The van der Waals surface area contributed by atoms with Gasteiger partial charge in [-0.25, -0.2) is 4.68 Å². The standard InChI is InChI=1S/C19H22N4O3S/c1-14-6-3-4-9-17(14)25-10-11-27-19-22-21-18(23(19)20)13-26-16-8-5-7-15(12-16)24-2/h3-9,12H,10-11,13,20H2,1-2H3. The van der Waals surface area contributed by atoms with Crippen molar-refractivity contribution in [2.75, 3.05) is 25.3 Å². The Bertz CT molecular complexity index is 885. The van der Waals surface area contributed by atoms with Crippen molar-refractivity contribution in [2.24, 2.45) is 0 Å². The van der Waals surface area contributed by atoms with Gasteiger partial charge < -0.3 is 20.1 Å². The molecule has 0 amide bonds. The van der Waals surface area contributed by atoms with Crippen LogP contribution in [0.15, 0.2) is 53.7 Å². The first-order chi connectivity index (χ1) is 13.2. The van der Waals surface area contributed by atoms with E-state index in [0.717, 1.165) is 17.1 Å². The maximum atomic E-state index is 6.07. The van der Waals surface area contributed by atoms with E-state index in [2.05, 4.69) is 10.2 Å². The number of rotatable bonds is 9. The summed E-state index contributed by atoms with van der Waals surface area (Å²) in [7, 11) is 1.61. The summed E-state index contributed by atoms with van der Waals surface area (Å²) in [5, 5.41) is 8.83. The lowest BCUT2D eigenvalue weighted by Crippen LogP contribution is -2.16. The van der Waals surface area contributed by atoms with Gasteiger partial charge in [-0.2, -0.15) is 0 Å². The Morgan fingerprint density at radius 3 is 2.67 bits per heavy atom. The lowest BCUT2D eigenvalue weighted by atomic mass is 10.2. The van der Waals surface area contributed by atoms with Gasteiger partial charge in [-0.05, 0) is 30.7 Å². The Kier molecular flexibility index (Phi) is 6.43. The first-order valence-corrected chi connectivity index (χ1v) is 9.43. The third-order valence-electron chi connectivity index (χ3n) is 3.81. The molecular formula is C19H22N4O3S. The third kappa shape index (κ3) is 5.07. The minimum absolute atomic E-state index is 0.219. The van der Waals surface area contributed by atoms with Crippen LogP contribution < -0.4 is 20.1 Å². The molecule has 0 aliphatic heterocycles. The number of methoxy groups -OCH3 is 1. The van der Waals surface area contributed by atoms with E-state index in [-0.39, 0.29) is 6.61 Å². The molecule has 3 aromatic rings. The van der Waals surface area contributed by atoms with E-state index in [9.17, 15) is 0 Å². The average molecular weight is 386 g/mol. The Morgan fingerprint density at radius 2 is 1.85 bits per heavy atom. The number of para-hydroxylation sites is 1. The van der Waals surface area contributed by atoms with Crippen molar-refractivity contribution >= 4 is 11.8 Å². The molecule has 1 heterocycles. The zero-order valence-corrected chi connectivity index (χ0v) is 16.1. The molecule has 142 valence electrons. The second-order valence-corrected chi connectivity index (χ2v) is 6.76. The highest BCUT2D eigenvalue weighted by Crippen LogP contribution is 2.21. The number of aryl methyl sites for hydroxylation is 1. The predicted octanol–water partition coefficient (Wildman–Crippen LogP) is 3.06. The minimum Gasteiger partial charge on any atom is -0.497 e. The highest BCUT2D eigenvalue weighted by molar-refractivity contribution is 7.99. The van der Waals surface area contributed by atoms with Gasteiger partial charge in [-0.1, -0.05) is 36.0 Å². The van der Waals surface area contributed by atoms with E-state index < -0.39 is 0 Å². The molecule has 0 radical (unpaired) electrons. The largest absolute Gasteiger partial charge is 0.497 e. The quantitative estimate of drug-likeness (QED) is 0.344. The molecule has 3 rings (SSSR count). The zero-order chi connectivity index (χ0) is 19.1.